The van der Waals surface area contributed by atoms with Crippen molar-refractivity contribution in [2.75, 3.05) is 24.2 Å². The average Bonchev–Trinajstić information content (AvgIpc) is 2.28. The first kappa shape index (κ1) is 11.2. The molecule has 0 saturated heterocycles. The molecule has 1 aromatic carbocycles. The van der Waals surface area contributed by atoms with E-state index in [-0.39, 0.29) is 12.5 Å². The monoisotopic (exact) mass is 230 g/mol. The molecule has 5 heteroatoms. The minimum atomic E-state index is -0.374. The normalized spacial score (nSPS) is 10.4. The molecule has 0 fully saturated rings. The van der Waals surface area contributed by atoms with Gasteiger partial charge in [-0.25, -0.2) is 0 Å². The largest absolute Gasteiger partial charge is 0.397 e. The Morgan fingerprint density at radius 1 is 1.41 bits per heavy atom. The van der Waals surface area contributed by atoms with Crippen LogP contribution in [0.25, 0.3) is 10.9 Å². The number of benzene rings is 1. The lowest BCUT2D eigenvalue weighted by atomic mass is 10.1. The number of aromatic nitrogens is 1. The first-order valence-corrected chi connectivity index (χ1v) is 5.22. The highest BCUT2D eigenvalue weighted by Crippen LogP contribution is 2.27. The fraction of sp³-hybridized carbons (Fsp3) is 0.167. The summed E-state index contributed by atoms with van der Waals surface area (Å²) in [5.74, 6) is -0.374. The van der Waals surface area contributed by atoms with Crippen molar-refractivity contribution < 1.29 is 4.79 Å². The number of amides is 1. The zero-order valence-corrected chi connectivity index (χ0v) is 9.55. The number of hydrogen-bond donors (Lipinski definition) is 2. The summed E-state index contributed by atoms with van der Waals surface area (Å²) >= 11 is 0. The van der Waals surface area contributed by atoms with Crippen LogP contribution in [0.3, 0.4) is 0 Å². The zero-order valence-electron chi connectivity index (χ0n) is 9.55. The number of nitrogens with zero attached hydrogens (tertiary/aromatic N) is 2. The van der Waals surface area contributed by atoms with Gasteiger partial charge in [-0.15, -0.1) is 0 Å². The van der Waals surface area contributed by atoms with Crippen molar-refractivity contribution in [3.8, 4) is 0 Å². The molecule has 2 aromatic rings. The van der Waals surface area contributed by atoms with Crippen LogP contribution < -0.4 is 16.4 Å². The fourth-order valence-corrected chi connectivity index (χ4v) is 1.84. The van der Waals surface area contributed by atoms with Crippen molar-refractivity contribution in [1.82, 2.24) is 4.98 Å². The highest BCUT2D eigenvalue weighted by Gasteiger charge is 2.09. The molecule has 17 heavy (non-hydrogen) atoms. The number of primary amides is 1. The standard InChI is InChI=1S/C12H14N4O/c1-16(7-11(14)17)10-5-6-15-12-8(10)3-2-4-9(12)13/h2-6H,7,13H2,1H3,(H2,14,17). The average molecular weight is 230 g/mol. The van der Waals surface area contributed by atoms with Crippen LogP contribution >= 0.6 is 0 Å². The van der Waals surface area contributed by atoms with Crippen molar-refractivity contribution in [3.63, 3.8) is 0 Å². The number of anilines is 2. The predicted molar refractivity (Wildman–Crippen MR) is 68.6 cm³/mol. The van der Waals surface area contributed by atoms with Gasteiger partial charge >= 0.3 is 0 Å². The SMILES string of the molecule is CN(CC(N)=O)c1ccnc2c(N)cccc12. The highest BCUT2D eigenvalue weighted by molar-refractivity contribution is 5.98. The molecule has 0 aliphatic carbocycles. The third-order valence-corrected chi connectivity index (χ3v) is 2.58. The van der Waals surface area contributed by atoms with Gasteiger partial charge in [-0.3, -0.25) is 9.78 Å². The van der Waals surface area contributed by atoms with E-state index in [2.05, 4.69) is 4.98 Å². The third-order valence-electron chi connectivity index (χ3n) is 2.58. The van der Waals surface area contributed by atoms with Gasteiger partial charge in [0, 0.05) is 24.3 Å². The minimum absolute atomic E-state index is 0.161. The van der Waals surface area contributed by atoms with Crippen LogP contribution in [0.1, 0.15) is 0 Å². The van der Waals surface area contributed by atoms with E-state index >= 15 is 0 Å². The quantitative estimate of drug-likeness (QED) is 0.761. The van der Waals surface area contributed by atoms with Crippen molar-refractivity contribution in [1.29, 1.82) is 0 Å². The molecule has 0 unspecified atom stereocenters. The Morgan fingerprint density at radius 2 is 2.18 bits per heavy atom. The molecule has 5 nitrogen and oxygen atoms in total. The van der Waals surface area contributed by atoms with E-state index < -0.39 is 0 Å². The number of likely N-dealkylation sites (N-methyl/N-ethyl adjacent to an activating group) is 1. The van der Waals surface area contributed by atoms with Gasteiger partial charge in [0.1, 0.15) is 0 Å². The maximum atomic E-state index is 10.9. The zero-order chi connectivity index (χ0) is 12.4. The van der Waals surface area contributed by atoms with Gasteiger partial charge in [0.25, 0.3) is 0 Å². The minimum Gasteiger partial charge on any atom is -0.397 e. The lowest BCUT2D eigenvalue weighted by Crippen LogP contribution is -2.30. The summed E-state index contributed by atoms with van der Waals surface area (Å²) in [4.78, 5) is 16.9. The molecule has 0 saturated carbocycles. The molecular formula is C12H14N4O. The number of rotatable bonds is 3. The molecule has 0 spiro atoms. The smallest absolute Gasteiger partial charge is 0.236 e. The molecule has 0 atom stereocenters. The number of hydrogen-bond acceptors (Lipinski definition) is 4. The highest BCUT2D eigenvalue weighted by atomic mass is 16.1. The Labute approximate surface area is 99.0 Å². The Balaban J connectivity index is 2.54. The molecule has 4 N–H and O–H groups in total. The van der Waals surface area contributed by atoms with Crippen LogP contribution in [-0.2, 0) is 4.79 Å². The van der Waals surface area contributed by atoms with E-state index in [1.807, 2.05) is 25.2 Å². The fourth-order valence-electron chi connectivity index (χ4n) is 1.84. The maximum absolute atomic E-state index is 10.9. The number of nitrogens with two attached hydrogens (primary N) is 2. The Morgan fingerprint density at radius 3 is 2.88 bits per heavy atom. The number of fused-ring (bicyclic) bond motifs is 1. The summed E-state index contributed by atoms with van der Waals surface area (Å²) in [6, 6.07) is 7.42. The summed E-state index contributed by atoms with van der Waals surface area (Å²) in [7, 11) is 1.81. The molecular weight excluding hydrogens is 216 g/mol. The first-order chi connectivity index (χ1) is 8.09. The summed E-state index contributed by atoms with van der Waals surface area (Å²) in [6.45, 7) is 0.161. The Hall–Kier alpha value is -2.30. The van der Waals surface area contributed by atoms with Gasteiger partial charge in [0.05, 0.1) is 17.7 Å². The number of nitrogen functional groups attached to an aromatic ring is 1. The van der Waals surface area contributed by atoms with Gasteiger partial charge in [0.15, 0.2) is 0 Å². The van der Waals surface area contributed by atoms with E-state index in [9.17, 15) is 4.79 Å². The number of carbonyl (C=O) groups excluding carboxylic acids is 1. The number of carbonyl (C=O) groups is 1. The van der Waals surface area contributed by atoms with Crippen LogP contribution in [-0.4, -0.2) is 24.5 Å². The van der Waals surface area contributed by atoms with Crippen LogP contribution in [0.15, 0.2) is 30.5 Å². The predicted octanol–water partition coefficient (Wildman–Crippen LogP) is 0.738. The summed E-state index contributed by atoms with van der Waals surface area (Å²) in [5, 5.41) is 0.913. The first-order valence-electron chi connectivity index (χ1n) is 5.22. The van der Waals surface area contributed by atoms with Crippen molar-refractivity contribution >= 4 is 28.2 Å². The summed E-state index contributed by atoms with van der Waals surface area (Å²) in [6.07, 6.45) is 1.67. The van der Waals surface area contributed by atoms with Crippen LogP contribution in [0.4, 0.5) is 11.4 Å². The van der Waals surface area contributed by atoms with Crippen LogP contribution in [0.2, 0.25) is 0 Å². The van der Waals surface area contributed by atoms with Crippen LogP contribution in [0.5, 0.6) is 0 Å². The Bertz CT molecular complexity index is 567. The Kier molecular flexibility index (Phi) is 2.82. The molecule has 0 aliphatic rings. The number of pyridine rings is 1. The second kappa shape index (κ2) is 4.29. The summed E-state index contributed by atoms with van der Waals surface area (Å²) in [5.41, 5.74) is 13.3. The second-order valence-corrected chi connectivity index (χ2v) is 3.90. The van der Waals surface area contributed by atoms with E-state index in [1.54, 1.807) is 17.2 Å². The molecule has 1 heterocycles. The van der Waals surface area contributed by atoms with Gasteiger partial charge in [-0.05, 0) is 12.1 Å². The van der Waals surface area contributed by atoms with Gasteiger partial charge < -0.3 is 16.4 Å². The van der Waals surface area contributed by atoms with Crippen LogP contribution in [0, 0.1) is 0 Å². The number of para-hydroxylation sites is 1. The second-order valence-electron chi connectivity index (χ2n) is 3.90. The molecule has 2 rings (SSSR count). The topological polar surface area (TPSA) is 85.2 Å². The van der Waals surface area contributed by atoms with Gasteiger partial charge in [0.2, 0.25) is 5.91 Å². The molecule has 1 amide bonds. The van der Waals surface area contributed by atoms with Crippen molar-refractivity contribution in [3.05, 3.63) is 30.5 Å². The third kappa shape index (κ3) is 2.13. The molecule has 0 aliphatic heterocycles. The van der Waals surface area contributed by atoms with Crippen molar-refractivity contribution in [2.24, 2.45) is 5.73 Å². The summed E-state index contributed by atoms with van der Waals surface area (Å²) < 4.78 is 0. The van der Waals surface area contributed by atoms with Gasteiger partial charge in [-0.2, -0.15) is 0 Å². The molecule has 1 aromatic heterocycles. The maximum Gasteiger partial charge on any atom is 0.236 e. The van der Waals surface area contributed by atoms with Gasteiger partial charge in [-0.1, -0.05) is 12.1 Å². The lowest BCUT2D eigenvalue weighted by Gasteiger charge is -2.19. The molecule has 88 valence electrons. The van der Waals surface area contributed by atoms with E-state index in [0.29, 0.717) is 5.69 Å². The van der Waals surface area contributed by atoms with E-state index in [0.717, 1.165) is 16.6 Å². The van der Waals surface area contributed by atoms with E-state index in [4.69, 9.17) is 11.5 Å². The van der Waals surface area contributed by atoms with E-state index in [1.165, 1.54) is 0 Å². The molecule has 0 bridgehead atoms. The molecule has 0 radical (unpaired) electrons. The lowest BCUT2D eigenvalue weighted by molar-refractivity contribution is -0.116. The van der Waals surface area contributed by atoms with Crippen molar-refractivity contribution in [2.45, 2.75) is 0 Å².